The fourth-order valence-corrected chi connectivity index (χ4v) is 3.69. The minimum Gasteiger partial charge on any atom is -0.396 e. The lowest BCUT2D eigenvalue weighted by Crippen LogP contribution is -2.45. The van der Waals surface area contributed by atoms with Crippen LogP contribution in [0.15, 0.2) is 0 Å². The first-order chi connectivity index (χ1) is 8.54. The second-order valence-electron chi connectivity index (χ2n) is 6.74. The molecule has 2 aliphatic rings. The summed E-state index contributed by atoms with van der Waals surface area (Å²) >= 11 is 0. The predicted octanol–water partition coefficient (Wildman–Crippen LogP) is 2.43. The maximum atomic E-state index is 12.6. The van der Waals surface area contributed by atoms with Gasteiger partial charge >= 0.3 is 0 Å². The van der Waals surface area contributed by atoms with E-state index < -0.39 is 0 Å². The van der Waals surface area contributed by atoms with Crippen LogP contribution in [0.4, 0.5) is 0 Å². The van der Waals surface area contributed by atoms with E-state index in [1.54, 1.807) is 0 Å². The standard InChI is InChI=1S/C15H27NO2/c1-15(2)8-3-6-13(15)14(18)16-9-4-5-12(11-16)7-10-17/h12-13,17H,3-11H2,1-2H3. The third-order valence-corrected chi connectivity index (χ3v) is 4.92. The van der Waals surface area contributed by atoms with E-state index in [1.165, 1.54) is 19.3 Å². The molecule has 0 aromatic carbocycles. The summed E-state index contributed by atoms with van der Waals surface area (Å²) in [5.41, 5.74) is 0.182. The molecule has 0 spiro atoms. The van der Waals surface area contributed by atoms with Crippen molar-refractivity contribution in [1.82, 2.24) is 4.90 Å². The van der Waals surface area contributed by atoms with Crippen LogP contribution in [0.1, 0.15) is 52.4 Å². The number of carbonyl (C=O) groups excluding carboxylic acids is 1. The highest BCUT2D eigenvalue weighted by Crippen LogP contribution is 2.43. The highest BCUT2D eigenvalue weighted by molar-refractivity contribution is 5.80. The van der Waals surface area contributed by atoms with Gasteiger partial charge in [0.25, 0.3) is 0 Å². The van der Waals surface area contributed by atoms with Gasteiger partial charge in [-0.05, 0) is 43.4 Å². The first-order valence-electron chi connectivity index (χ1n) is 7.44. The highest BCUT2D eigenvalue weighted by atomic mass is 16.3. The first kappa shape index (κ1) is 13.9. The van der Waals surface area contributed by atoms with Crippen molar-refractivity contribution in [2.24, 2.45) is 17.3 Å². The molecule has 1 saturated carbocycles. The Bertz CT molecular complexity index is 299. The van der Waals surface area contributed by atoms with Crippen molar-refractivity contribution >= 4 is 5.91 Å². The number of aliphatic hydroxyl groups is 1. The lowest BCUT2D eigenvalue weighted by atomic mass is 9.80. The van der Waals surface area contributed by atoms with E-state index in [4.69, 9.17) is 5.11 Å². The number of aliphatic hydroxyl groups excluding tert-OH is 1. The molecular formula is C15H27NO2. The van der Waals surface area contributed by atoms with E-state index in [1.807, 2.05) is 0 Å². The lowest BCUT2D eigenvalue weighted by molar-refractivity contribution is -0.140. The molecule has 0 aromatic rings. The van der Waals surface area contributed by atoms with Gasteiger partial charge in [0, 0.05) is 25.6 Å². The highest BCUT2D eigenvalue weighted by Gasteiger charge is 2.41. The molecule has 3 heteroatoms. The van der Waals surface area contributed by atoms with Crippen LogP contribution in [-0.2, 0) is 4.79 Å². The van der Waals surface area contributed by atoms with E-state index in [9.17, 15) is 4.79 Å². The number of rotatable bonds is 3. The van der Waals surface area contributed by atoms with Gasteiger partial charge in [-0.15, -0.1) is 0 Å². The van der Waals surface area contributed by atoms with Crippen LogP contribution in [0.5, 0.6) is 0 Å². The molecule has 1 aliphatic carbocycles. The predicted molar refractivity (Wildman–Crippen MR) is 72.1 cm³/mol. The Morgan fingerprint density at radius 2 is 2.11 bits per heavy atom. The molecule has 3 nitrogen and oxygen atoms in total. The number of hydrogen-bond donors (Lipinski definition) is 1. The van der Waals surface area contributed by atoms with Crippen molar-refractivity contribution in [3.05, 3.63) is 0 Å². The summed E-state index contributed by atoms with van der Waals surface area (Å²) in [6, 6.07) is 0. The number of hydrogen-bond acceptors (Lipinski definition) is 2. The van der Waals surface area contributed by atoms with E-state index in [-0.39, 0.29) is 17.9 Å². The van der Waals surface area contributed by atoms with Gasteiger partial charge in [-0.25, -0.2) is 0 Å². The molecule has 2 unspecified atom stereocenters. The van der Waals surface area contributed by atoms with Crippen molar-refractivity contribution < 1.29 is 9.90 Å². The Kier molecular flexibility index (Phi) is 4.31. The lowest BCUT2D eigenvalue weighted by Gasteiger charge is -2.37. The fraction of sp³-hybridized carbons (Fsp3) is 0.933. The monoisotopic (exact) mass is 253 g/mol. The topological polar surface area (TPSA) is 40.5 Å². The molecule has 0 radical (unpaired) electrons. The zero-order chi connectivity index (χ0) is 13.2. The largest absolute Gasteiger partial charge is 0.396 e. The number of amides is 1. The van der Waals surface area contributed by atoms with Crippen molar-refractivity contribution in [3.63, 3.8) is 0 Å². The van der Waals surface area contributed by atoms with Gasteiger partial charge in [-0.3, -0.25) is 4.79 Å². The first-order valence-corrected chi connectivity index (χ1v) is 7.44. The van der Waals surface area contributed by atoms with Crippen LogP contribution in [-0.4, -0.2) is 35.6 Å². The third kappa shape index (κ3) is 2.87. The van der Waals surface area contributed by atoms with Gasteiger partial charge in [0.15, 0.2) is 0 Å². The zero-order valence-corrected chi connectivity index (χ0v) is 11.8. The van der Waals surface area contributed by atoms with Gasteiger partial charge in [0.2, 0.25) is 5.91 Å². The van der Waals surface area contributed by atoms with Crippen LogP contribution < -0.4 is 0 Å². The van der Waals surface area contributed by atoms with Gasteiger partial charge in [-0.1, -0.05) is 20.3 Å². The number of nitrogens with zero attached hydrogens (tertiary/aromatic N) is 1. The van der Waals surface area contributed by atoms with E-state index >= 15 is 0 Å². The molecule has 2 atom stereocenters. The van der Waals surface area contributed by atoms with E-state index in [0.717, 1.165) is 32.4 Å². The number of likely N-dealkylation sites (tertiary alicyclic amines) is 1. The Hall–Kier alpha value is -0.570. The summed E-state index contributed by atoms with van der Waals surface area (Å²) in [4.78, 5) is 14.7. The normalized spacial score (nSPS) is 31.6. The Morgan fingerprint density at radius 3 is 2.72 bits per heavy atom. The molecule has 104 valence electrons. The maximum absolute atomic E-state index is 12.6. The molecule has 2 fully saturated rings. The quantitative estimate of drug-likeness (QED) is 0.839. The molecule has 1 amide bonds. The van der Waals surface area contributed by atoms with E-state index in [0.29, 0.717) is 11.8 Å². The van der Waals surface area contributed by atoms with Gasteiger partial charge in [-0.2, -0.15) is 0 Å². The average Bonchev–Trinajstić information content (AvgIpc) is 2.69. The maximum Gasteiger partial charge on any atom is 0.226 e. The fourth-order valence-electron chi connectivity index (χ4n) is 3.69. The van der Waals surface area contributed by atoms with E-state index in [2.05, 4.69) is 18.7 Å². The number of carbonyl (C=O) groups is 1. The Balaban J connectivity index is 1.96. The zero-order valence-electron chi connectivity index (χ0n) is 11.8. The molecule has 2 rings (SSSR count). The number of piperidine rings is 1. The van der Waals surface area contributed by atoms with Crippen LogP contribution >= 0.6 is 0 Å². The van der Waals surface area contributed by atoms with Crippen molar-refractivity contribution in [3.8, 4) is 0 Å². The molecule has 1 N–H and O–H groups in total. The molecule has 1 heterocycles. The summed E-state index contributed by atoms with van der Waals surface area (Å²) in [5.74, 6) is 1.11. The summed E-state index contributed by atoms with van der Waals surface area (Å²) < 4.78 is 0. The van der Waals surface area contributed by atoms with Crippen LogP contribution in [0.3, 0.4) is 0 Å². The summed E-state index contributed by atoms with van der Waals surface area (Å²) in [5, 5.41) is 9.03. The molecule has 0 bridgehead atoms. The minimum atomic E-state index is 0.182. The SMILES string of the molecule is CC1(C)CCCC1C(=O)N1CCCC(CCO)C1. The molecule has 1 saturated heterocycles. The molecule has 18 heavy (non-hydrogen) atoms. The van der Waals surface area contributed by atoms with Crippen molar-refractivity contribution in [1.29, 1.82) is 0 Å². The van der Waals surface area contributed by atoms with Crippen LogP contribution in [0.2, 0.25) is 0 Å². The van der Waals surface area contributed by atoms with Crippen LogP contribution in [0, 0.1) is 17.3 Å². The summed E-state index contributed by atoms with van der Waals surface area (Å²) in [6.45, 7) is 6.51. The molecule has 1 aliphatic heterocycles. The van der Waals surface area contributed by atoms with Crippen LogP contribution in [0.25, 0.3) is 0 Å². The Labute approximate surface area is 111 Å². The minimum absolute atomic E-state index is 0.182. The average molecular weight is 253 g/mol. The third-order valence-electron chi connectivity index (χ3n) is 4.92. The second-order valence-corrected chi connectivity index (χ2v) is 6.74. The second kappa shape index (κ2) is 5.60. The Morgan fingerprint density at radius 1 is 1.33 bits per heavy atom. The van der Waals surface area contributed by atoms with Crippen molar-refractivity contribution in [2.45, 2.75) is 52.4 Å². The molecular weight excluding hydrogens is 226 g/mol. The smallest absolute Gasteiger partial charge is 0.226 e. The van der Waals surface area contributed by atoms with Gasteiger partial charge in [0.05, 0.1) is 0 Å². The van der Waals surface area contributed by atoms with Gasteiger partial charge in [0.1, 0.15) is 0 Å². The summed E-state index contributed by atoms with van der Waals surface area (Å²) in [7, 11) is 0. The van der Waals surface area contributed by atoms with Crippen molar-refractivity contribution in [2.75, 3.05) is 19.7 Å². The summed E-state index contributed by atoms with van der Waals surface area (Å²) in [6.07, 6.45) is 6.54. The molecule has 0 aromatic heterocycles. The van der Waals surface area contributed by atoms with Gasteiger partial charge < -0.3 is 10.0 Å².